The monoisotopic (exact) mass is 362 g/mol. The number of hydrogen-bond donors (Lipinski definition) is 2. The number of rotatable bonds is 7. The number of para-hydroxylation sites is 1. The lowest BCUT2D eigenvalue weighted by molar-refractivity contribution is -0.148. The molecule has 0 aliphatic carbocycles. The molecular weight excluding hydrogens is 340 g/mol. The molecule has 1 aliphatic heterocycles. The zero-order valence-corrected chi connectivity index (χ0v) is 14.9. The van der Waals surface area contributed by atoms with Crippen molar-refractivity contribution in [2.24, 2.45) is 0 Å². The first-order valence-corrected chi connectivity index (χ1v) is 8.13. The molecule has 1 unspecified atom stereocenters. The minimum atomic E-state index is -1.12. The van der Waals surface area contributed by atoms with Crippen LogP contribution in [0, 0.1) is 0 Å². The first-order valence-electron chi connectivity index (χ1n) is 8.13. The summed E-state index contributed by atoms with van der Waals surface area (Å²) in [6.45, 7) is 3.03. The largest absolute Gasteiger partial charge is 0.493 e. The molecule has 2 rings (SSSR count). The van der Waals surface area contributed by atoms with E-state index in [9.17, 15) is 19.5 Å². The molecule has 0 fully saturated rings. The van der Waals surface area contributed by atoms with E-state index in [1.807, 2.05) is 0 Å². The highest BCUT2D eigenvalue weighted by atomic mass is 16.5. The molecule has 0 radical (unpaired) electrons. The summed E-state index contributed by atoms with van der Waals surface area (Å²) in [6.07, 6.45) is 1.67. The Morgan fingerprint density at radius 3 is 2.73 bits per heavy atom. The first kappa shape index (κ1) is 19.3. The minimum absolute atomic E-state index is 0.00911. The fraction of sp³-hybridized carbons (Fsp3) is 0.389. The Balaban J connectivity index is 2.25. The molecule has 8 nitrogen and oxygen atoms in total. The lowest BCUT2D eigenvalue weighted by atomic mass is 10.1. The fourth-order valence-corrected chi connectivity index (χ4v) is 2.61. The van der Waals surface area contributed by atoms with Crippen molar-refractivity contribution >= 4 is 23.9 Å². The predicted octanol–water partition coefficient (Wildman–Crippen LogP) is 0.909. The second kappa shape index (κ2) is 8.37. The molecule has 1 atom stereocenters. The highest BCUT2D eigenvalue weighted by Gasteiger charge is 2.29. The van der Waals surface area contributed by atoms with Crippen LogP contribution in [0.2, 0.25) is 0 Å². The number of aliphatic carboxylic acids is 1. The van der Waals surface area contributed by atoms with Crippen LogP contribution < -0.4 is 14.8 Å². The Bertz CT molecular complexity index is 743. The SMILES string of the molecule is COc1cccc2c1OCC(C(=O)N(CCNC(C)=O)C(C)C(=O)O)=C2. The molecule has 0 aromatic heterocycles. The number of carbonyl (C=O) groups is 3. The van der Waals surface area contributed by atoms with Crippen LogP contribution in [-0.4, -0.2) is 60.6 Å². The Kier molecular flexibility index (Phi) is 6.21. The van der Waals surface area contributed by atoms with Crippen LogP contribution in [0.5, 0.6) is 11.5 Å². The van der Waals surface area contributed by atoms with Gasteiger partial charge >= 0.3 is 5.97 Å². The number of carboxylic acids is 1. The second-order valence-corrected chi connectivity index (χ2v) is 5.83. The van der Waals surface area contributed by atoms with Gasteiger partial charge in [-0.2, -0.15) is 0 Å². The minimum Gasteiger partial charge on any atom is -0.493 e. The number of carbonyl (C=O) groups excluding carboxylic acids is 2. The molecule has 8 heteroatoms. The Morgan fingerprint density at radius 1 is 1.38 bits per heavy atom. The van der Waals surface area contributed by atoms with Crippen molar-refractivity contribution in [1.29, 1.82) is 0 Å². The van der Waals surface area contributed by atoms with Gasteiger partial charge in [0.05, 0.1) is 12.7 Å². The summed E-state index contributed by atoms with van der Waals surface area (Å²) in [4.78, 5) is 36.4. The second-order valence-electron chi connectivity index (χ2n) is 5.83. The number of amides is 2. The van der Waals surface area contributed by atoms with Gasteiger partial charge < -0.3 is 24.8 Å². The van der Waals surface area contributed by atoms with Gasteiger partial charge in [-0.15, -0.1) is 0 Å². The molecule has 0 saturated carbocycles. The van der Waals surface area contributed by atoms with Crippen molar-refractivity contribution in [2.75, 3.05) is 26.8 Å². The van der Waals surface area contributed by atoms with E-state index in [4.69, 9.17) is 9.47 Å². The molecule has 1 aromatic rings. The van der Waals surface area contributed by atoms with Crippen molar-refractivity contribution in [3.05, 3.63) is 29.3 Å². The number of hydrogen-bond acceptors (Lipinski definition) is 5. The lowest BCUT2D eigenvalue weighted by Crippen LogP contribution is -2.47. The van der Waals surface area contributed by atoms with E-state index in [0.29, 0.717) is 22.6 Å². The van der Waals surface area contributed by atoms with Crippen LogP contribution >= 0.6 is 0 Å². The number of nitrogens with one attached hydrogen (secondary N) is 1. The van der Waals surface area contributed by atoms with Gasteiger partial charge in [0.1, 0.15) is 12.6 Å². The maximum atomic E-state index is 12.9. The molecular formula is C18H22N2O6. The number of nitrogens with zero attached hydrogens (tertiary/aromatic N) is 1. The van der Waals surface area contributed by atoms with Crippen molar-refractivity contribution in [3.8, 4) is 11.5 Å². The third-order valence-electron chi connectivity index (χ3n) is 4.02. The summed E-state index contributed by atoms with van der Waals surface area (Å²) in [5.41, 5.74) is 1.02. The zero-order chi connectivity index (χ0) is 19.3. The van der Waals surface area contributed by atoms with Crippen LogP contribution in [-0.2, 0) is 14.4 Å². The van der Waals surface area contributed by atoms with Gasteiger partial charge in [-0.1, -0.05) is 12.1 Å². The molecule has 140 valence electrons. The van der Waals surface area contributed by atoms with E-state index in [0.717, 1.165) is 0 Å². The average Bonchev–Trinajstić information content (AvgIpc) is 2.62. The maximum absolute atomic E-state index is 12.9. The molecule has 1 aliphatic rings. The topological polar surface area (TPSA) is 105 Å². The summed E-state index contributed by atoms with van der Waals surface area (Å²) in [5, 5.41) is 11.9. The van der Waals surface area contributed by atoms with Gasteiger partial charge in [-0.05, 0) is 19.1 Å². The average molecular weight is 362 g/mol. The van der Waals surface area contributed by atoms with Gasteiger partial charge in [0.25, 0.3) is 5.91 Å². The number of carboxylic acid groups (broad SMARTS) is 1. The third kappa shape index (κ3) is 4.33. The Labute approximate surface area is 151 Å². The van der Waals surface area contributed by atoms with E-state index in [1.165, 1.54) is 25.9 Å². The quantitative estimate of drug-likeness (QED) is 0.747. The summed E-state index contributed by atoms with van der Waals surface area (Å²) in [5.74, 6) is -0.713. The maximum Gasteiger partial charge on any atom is 0.326 e. The molecule has 1 aromatic carbocycles. The number of ether oxygens (including phenoxy) is 2. The van der Waals surface area contributed by atoms with Gasteiger partial charge in [-0.25, -0.2) is 4.79 Å². The molecule has 0 saturated heterocycles. The highest BCUT2D eigenvalue weighted by molar-refractivity contribution is 6.01. The van der Waals surface area contributed by atoms with Crippen molar-refractivity contribution in [3.63, 3.8) is 0 Å². The lowest BCUT2D eigenvalue weighted by Gasteiger charge is -2.29. The van der Waals surface area contributed by atoms with E-state index >= 15 is 0 Å². The van der Waals surface area contributed by atoms with Crippen molar-refractivity contribution in [1.82, 2.24) is 10.2 Å². The van der Waals surface area contributed by atoms with Crippen LogP contribution in [0.4, 0.5) is 0 Å². The number of benzene rings is 1. The molecule has 2 N–H and O–H groups in total. The normalized spacial score (nSPS) is 13.6. The van der Waals surface area contributed by atoms with E-state index in [2.05, 4.69) is 5.32 Å². The van der Waals surface area contributed by atoms with Gasteiger partial charge in [0.2, 0.25) is 5.91 Å². The van der Waals surface area contributed by atoms with Gasteiger partial charge in [-0.3, -0.25) is 9.59 Å². The van der Waals surface area contributed by atoms with Crippen molar-refractivity contribution in [2.45, 2.75) is 19.9 Å². The van der Waals surface area contributed by atoms with E-state index < -0.39 is 17.9 Å². The number of methoxy groups -OCH3 is 1. The molecule has 2 amide bonds. The number of fused-ring (bicyclic) bond motifs is 1. The predicted molar refractivity (Wildman–Crippen MR) is 94.0 cm³/mol. The Hall–Kier alpha value is -3.03. The standard InChI is InChI=1S/C18H22N2O6/c1-11(18(23)24)20(8-7-19-12(2)21)17(22)14-9-13-5-4-6-15(25-3)16(13)26-10-14/h4-6,9,11H,7-8,10H2,1-3H3,(H,19,21)(H,23,24). The van der Waals surface area contributed by atoms with Crippen LogP contribution in [0.3, 0.4) is 0 Å². The fourth-order valence-electron chi connectivity index (χ4n) is 2.61. The third-order valence-corrected chi connectivity index (χ3v) is 4.02. The van der Waals surface area contributed by atoms with Crippen LogP contribution in [0.25, 0.3) is 6.08 Å². The van der Waals surface area contributed by atoms with Gasteiger partial charge in [0, 0.05) is 25.6 Å². The summed E-state index contributed by atoms with van der Waals surface area (Å²) >= 11 is 0. The molecule has 0 spiro atoms. The first-order chi connectivity index (χ1) is 12.3. The smallest absolute Gasteiger partial charge is 0.326 e. The summed E-state index contributed by atoms with van der Waals surface area (Å²) in [6, 6.07) is 4.28. The molecule has 0 bridgehead atoms. The van der Waals surface area contributed by atoms with Crippen LogP contribution in [0.1, 0.15) is 19.4 Å². The van der Waals surface area contributed by atoms with E-state index in [1.54, 1.807) is 24.3 Å². The van der Waals surface area contributed by atoms with E-state index in [-0.39, 0.29) is 25.6 Å². The zero-order valence-electron chi connectivity index (χ0n) is 14.9. The van der Waals surface area contributed by atoms with Crippen LogP contribution in [0.15, 0.2) is 23.8 Å². The molecule has 26 heavy (non-hydrogen) atoms. The summed E-state index contributed by atoms with van der Waals surface area (Å²) < 4.78 is 10.9. The summed E-state index contributed by atoms with van der Waals surface area (Å²) in [7, 11) is 1.53. The Morgan fingerprint density at radius 2 is 2.12 bits per heavy atom. The highest BCUT2D eigenvalue weighted by Crippen LogP contribution is 2.35. The van der Waals surface area contributed by atoms with Crippen molar-refractivity contribution < 1.29 is 29.0 Å². The van der Waals surface area contributed by atoms with Gasteiger partial charge in [0.15, 0.2) is 11.5 Å². The molecule has 1 heterocycles.